The first-order valence-electron chi connectivity index (χ1n) is 4.47. The number of rotatable bonds is 5. The molecule has 0 fully saturated rings. The van der Waals surface area contributed by atoms with Gasteiger partial charge in [0.25, 0.3) is 0 Å². The van der Waals surface area contributed by atoms with Crippen molar-refractivity contribution in [2.24, 2.45) is 11.1 Å². The second kappa shape index (κ2) is 5.56. The van der Waals surface area contributed by atoms with Crippen molar-refractivity contribution in [3.8, 4) is 0 Å². The number of hydrogen-bond acceptors (Lipinski definition) is 2. The van der Waals surface area contributed by atoms with Crippen LogP contribution >= 0.6 is 0 Å². The summed E-state index contributed by atoms with van der Waals surface area (Å²) in [5.41, 5.74) is 5.81. The molecule has 0 aliphatic heterocycles. The third-order valence-corrected chi connectivity index (χ3v) is 1.60. The van der Waals surface area contributed by atoms with Crippen LogP contribution in [0.25, 0.3) is 0 Å². The number of nitrogens with one attached hydrogen (secondary N) is 1. The van der Waals surface area contributed by atoms with Gasteiger partial charge in [0.05, 0.1) is 0 Å². The average Bonchev–Trinajstić information content (AvgIpc) is 1.85. The first-order chi connectivity index (χ1) is 5.06. The number of nitrogens with two attached hydrogens (primary N) is 1. The molecule has 0 aliphatic carbocycles. The molecule has 0 radical (unpaired) electrons. The van der Waals surface area contributed by atoms with Crippen LogP contribution in [0.5, 0.6) is 0 Å². The van der Waals surface area contributed by atoms with Crippen LogP contribution < -0.4 is 11.1 Å². The van der Waals surface area contributed by atoms with Gasteiger partial charge >= 0.3 is 0 Å². The summed E-state index contributed by atoms with van der Waals surface area (Å²) in [4.78, 5) is 0. The lowest BCUT2D eigenvalue weighted by molar-refractivity contribution is 0.361. The highest BCUT2D eigenvalue weighted by molar-refractivity contribution is 4.61. The van der Waals surface area contributed by atoms with E-state index in [-0.39, 0.29) is 0 Å². The van der Waals surface area contributed by atoms with Crippen molar-refractivity contribution in [3.63, 3.8) is 0 Å². The summed E-state index contributed by atoms with van der Waals surface area (Å²) < 4.78 is 0. The van der Waals surface area contributed by atoms with Gasteiger partial charge in [-0.2, -0.15) is 0 Å². The molecule has 0 spiro atoms. The van der Waals surface area contributed by atoms with Crippen molar-refractivity contribution in [1.29, 1.82) is 0 Å². The molecule has 68 valence electrons. The molecule has 0 atom stereocenters. The quantitative estimate of drug-likeness (QED) is 0.593. The fourth-order valence-electron chi connectivity index (χ4n) is 0.971. The molecular weight excluding hydrogens is 136 g/mol. The van der Waals surface area contributed by atoms with Crippen LogP contribution in [0.3, 0.4) is 0 Å². The van der Waals surface area contributed by atoms with E-state index in [0.29, 0.717) is 5.41 Å². The fraction of sp³-hybridized carbons (Fsp3) is 1.00. The average molecular weight is 158 g/mol. The van der Waals surface area contributed by atoms with E-state index in [0.717, 1.165) is 19.6 Å². The van der Waals surface area contributed by atoms with Gasteiger partial charge in [-0.1, -0.05) is 20.8 Å². The summed E-state index contributed by atoms with van der Waals surface area (Å²) in [5, 5.41) is 3.28. The van der Waals surface area contributed by atoms with Gasteiger partial charge in [0.2, 0.25) is 0 Å². The van der Waals surface area contributed by atoms with Gasteiger partial charge in [0.15, 0.2) is 0 Å². The minimum atomic E-state index is 0.477. The lowest BCUT2D eigenvalue weighted by Crippen LogP contribution is -2.24. The van der Waals surface area contributed by atoms with Crippen molar-refractivity contribution < 1.29 is 0 Å². The van der Waals surface area contributed by atoms with Gasteiger partial charge in [-0.15, -0.1) is 0 Å². The smallest absolute Gasteiger partial charge is 0.00745 e. The zero-order valence-electron chi connectivity index (χ0n) is 8.11. The molecule has 0 saturated carbocycles. The second-order valence-electron chi connectivity index (χ2n) is 4.20. The summed E-state index contributed by atoms with van der Waals surface area (Å²) >= 11 is 0. The van der Waals surface area contributed by atoms with E-state index in [2.05, 4.69) is 26.1 Å². The Kier molecular flexibility index (Phi) is 5.51. The maximum Gasteiger partial charge on any atom is 0.00745 e. The molecule has 0 amide bonds. The third-order valence-electron chi connectivity index (χ3n) is 1.60. The zero-order valence-corrected chi connectivity index (χ0v) is 8.11. The van der Waals surface area contributed by atoms with Gasteiger partial charge < -0.3 is 11.1 Å². The first kappa shape index (κ1) is 10.9. The Morgan fingerprint density at radius 2 is 1.82 bits per heavy atom. The minimum absolute atomic E-state index is 0.477. The maximum absolute atomic E-state index is 5.33. The Balaban J connectivity index is 3.02. The molecular formula is C9H22N2. The lowest BCUT2D eigenvalue weighted by atomic mass is 9.91. The molecule has 0 aromatic heterocycles. The van der Waals surface area contributed by atoms with Crippen molar-refractivity contribution in [3.05, 3.63) is 0 Å². The van der Waals surface area contributed by atoms with Gasteiger partial charge in [-0.05, 0) is 24.8 Å². The van der Waals surface area contributed by atoms with E-state index < -0.39 is 0 Å². The summed E-state index contributed by atoms with van der Waals surface area (Å²) in [6, 6.07) is 0. The Bertz CT molecular complexity index is 84.1. The SMILES string of the molecule is CC(C)(C)CCCNCCN. The highest BCUT2D eigenvalue weighted by atomic mass is 14.9. The molecule has 0 aliphatic rings. The summed E-state index contributed by atoms with van der Waals surface area (Å²) in [6.45, 7) is 9.62. The normalized spacial score (nSPS) is 12.0. The predicted octanol–water partition coefficient (Wildman–Crippen LogP) is 1.36. The Morgan fingerprint density at radius 3 is 2.27 bits per heavy atom. The fourth-order valence-corrected chi connectivity index (χ4v) is 0.971. The van der Waals surface area contributed by atoms with E-state index in [1.165, 1.54) is 12.8 Å². The van der Waals surface area contributed by atoms with Gasteiger partial charge in [-0.3, -0.25) is 0 Å². The number of hydrogen-bond donors (Lipinski definition) is 2. The molecule has 0 aromatic carbocycles. The molecule has 3 N–H and O–H groups in total. The standard InChI is InChI=1S/C9H22N2/c1-9(2,3)5-4-7-11-8-6-10/h11H,4-8,10H2,1-3H3. The highest BCUT2D eigenvalue weighted by Gasteiger charge is 2.08. The highest BCUT2D eigenvalue weighted by Crippen LogP contribution is 2.19. The van der Waals surface area contributed by atoms with Gasteiger partial charge in [0.1, 0.15) is 0 Å². The first-order valence-corrected chi connectivity index (χ1v) is 4.47. The molecule has 0 unspecified atom stereocenters. The van der Waals surface area contributed by atoms with E-state index >= 15 is 0 Å². The molecule has 2 heteroatoms. The molecule has 0 heterocycles. The van der Waals surface area contributed by atoms with E-state index in [4.69, 9.17) is 5.73 Å². The van der Waals surface area contributed by atoms with E-state index in [1.54, 1.807) is 0 Å². The molecule has 2 nitrogen and oxygen atoms in total. The summed E-state index contributed by atoms with van der Waals surface area (Å²) in [6.07, 6.45) is 2.54. The Morgan fingerprint density at radius 1 is 1.18 bits per heavy atom. The van der Waals surface area contributed by atoms with Crippen LogP contribution in [0.4, 0.5) is 0 Å². The van der Waals surface area contributed by atoms with Crippen LogP contribution in [0.15, 0.2) is 0 Å². The predicted molar refractivity (Wildman–Crippen MR) is 50.6 cm³/mol. The van der Waals surface area contributed by atoms with Crippen LogP contribution in [-0.2, 0) is 0 Å². The van der Waals surface area contributed by atoms with Crippen molar-refractivity contribution >= 4 is 0 Å². The van der Waals surface area contributed by atoms with Crippen molar-refractivity contribution in [2.75, 3.05) is 19.6 Å². The molecule has 0 bridgehead atoms. The largest absolute Gasteiger partial charge is 0.329 e. The molecule has 0 saturated heterocycles. The van der Waals surface area contributed by atoms with Gasteiger partial charge in [-0.25, -0.2) is 0 Å². The molecule has 0 rings (SSSR count). The second-order valence-corrected chi connectivity index (χ2v) is 4.20. The Labute approximate surface area is 70.5 Å². The van der Waals surface area contributed by atoms with Crippen molar-refractivity contribution in [2.45, 2.75) is 33.6 Å². The maximum atomic E-state index is 5.33. The lowest BCUT2D eigenvalue weighted by Gasteiger charge is -2.17. The van der Waals surface area contributed by atoms with Crippen LogP contribution in [0, 0.1) is 5.41 Å². The zero-order chi connectivity index (χ0) is 8.74. The van der Waals surface area contributed by atoms with E-state index in [1.807, 2.05) is 0 Å². The van der Waals surface area contributed by atoms with Gasteiger partial charge in [0, 0.05) is 13.1 Å². The van der Waals surface area contributed by atoms with Crippen LogP contribution in [-0.4, -0.2) is 19.6 Å². The van der Waals surface area contributed by atoms with Crippen LogP contribution in [0.2, 0.25) is 0 Å². The van der Waals surface area contributed by atoms with E-state index in [9.17, 15) is 0 Å². The minimum Gasteiger partial charge on any atom is -0.329 e. The summed E-state index contributed by atoms with van der Waals surface area (Å²) in [7, 11) is 0. The molecule has 0 aromatic rings. The monoisotopic (exact) mass is 158 g/mol. The third kappa shape index (κ3) is 9.92. The van der Waals surface area contributed by atoms with Crippen LogP contribution in [0.1, 0.15) is 33.6 Å². The Hall–Kier alpha value is -0.0800. The summed E-state index contributed by atoms with van der Waals surface area (Å²) in [5.74, 6) is 0. The van der Waals surface area contributed by atoms with Crippen molar-refractivity contribution in [1.82, 2.24) is 5.32 Å². The molecule has 11 heavy (non-hydrogen) atoms. The topological polar surface area (TPSA) is 38.0 Å².